The number of hydrogen-bond donors (Lipinski definition) is 0. The molecule has 0 amide bonds. The van der Waals surface area contributed by atoms with E-state index >= 15 is 0 Å². The summed E-state index contributed by atoms with van der Waals surface area (Å²) in [5, 5.41) is 0.252. The van der Waals surface area contributed by atoms with Gasteiger partial charge in [-0.05, 0) is 48.9 Å². The molecular weight excluding hydrogens is 319 g/mol. The number of benzene rings is 2. The first-order chi connectivity index (χ1) is 8.49. The zero-order valence-corrected chi connectivity index (χ0v) is 11.8. The fourth-order valence-corrected chi connectivity index (χ4v) is 2.06. The Bertz CT molecular complexity index is 625. The van der Waals surface area contributed by atoms with Gasteiger partial charge in [0.05, 0.1) is 5.02 Å². The molecule has 0 aromatic heterocycles. The van der Waals surface area contributed by atoms with Crippen molar-refractivity contribution >= 4 is 33.3 Å². The van der Waals surface area contributed by atoms with Gasteiger partial charge in [-0.3, -0.25) is 4.79 Å². The number of hydrogen-bond acceptors (Lipinski definition) is 1. The standard InChI is InChI=1S/C14H9BrClFO/c1-8-6-9(2-4-12(8)15)14(18)11-7-10(17)3-5-13(11)16/h2-7H,1H3. The quantitative estimate of drug-likeness (QED) is 0.725. The molecule has 0 aliphatic carbocycles. The number of halogens is 3. The fraction of sp³-hybridized carbons (Fsp3) is 0.0714. The molecule has 18 heavy (non-hydrogen) atoms. The third-order valence-corrected chi connectivity index (χ3v) is 3.81. The number of carbonyl (C=O) groups is 1. The fourth-order valence-electron chi connectivity index (χ4n) is 1.61. The normalized spacial score (nSPS) is 10.4. The van der Waals surface area contributed by atoms with Crippen LogP contribution in [0, 0.1) is 12.7 Å². The van der Waals surface area contributed by atoms with Crippen molar-refractivity contribution in [2.75, 3.05) is 0 Å². The van der Waals surface area contributed by atoms with E-state index in [0.717, 1.165) is 16.1 Å². The molecule has 4 heteroatoms. The van der Waals surface area contributed by atoms with Gasteiger partial charge in [0.15, 0.2) is 5.78 Å². The van der Waals surface area contributed by atoms with Crippen molar-refractivity contribution in [1.29, 1.82) is 0 Å². The Balaban J connectivity index is 2.47. The minimum atomic E-state index is -0.475. The van der Waals surface area contributed by atoms with Crippen LogP contribution in [-0.4, -0.2) is 5.78 Å². The molecule has 0 saturated heterocycles. The zero-order valence-electron chi connectivity index (χ0n) is 9.51. The minimum absolute atomic E-state index is 0.179. The maximum Gasteiger partial charge on any atom is 0.194 e. The Hall–Kier alpha value is -1.19. The minimum Gasteiger partial charge on any atom is -0.289 e. The number of carbonyl (C=O) groups excluding carboxylic acids is 1. The Kier molecular flexibility index (Phi) is 3.83. The summed E-state index contributed by atoms with van der Waals surface area (Å²) in [7, 11) is 0. The molecule has 0 N–H and O–H groups in total. The molecule has 0 aliphatic rings. The maximum absolute atomic E-state index is 13.1. The molecule has 2 rings (SSSR count). The average molecular weight is 328 g/mol. The average Bonchev–Trinajstić information content (AvgIpc) is 2.35. The summed E-state index contributed by atoms with van der Waals surface area (Å²) in [6.07, 6.45) is 0. The first-order valence-corrected chi connectivity index (χ1v) is 6.42. The highest BCUT2D eigenvalue weighted by Gasteiger charge is 2.14. The second-order valence-corrected chi connectivity index (χ2v) is 5.18. The first kappa shape index (κ1) is 13.2. The van der Waals surface area contributed by atoms with Gasteiger partial charge in [0.25, 0.3) is 0 Å². The maximum atomic E-state index is 13.1. The van der Waals surface area contributed by atoms with E-state index in [1.165, 1.54) is 12.1 Å². The molecule has 2 aromatic carbocycles. The van der Waals surface area contributed by atoms with E-state index in [4.69, 9.17) is 11.6 Å². The van der Waals surface area contributed by atoms with Gasteiger partial charge in [-0.1, -0.05) is 27.5 Å². The molecule has 0 bridgehead atoms. The lowest BCUT2D eigenvalue weighted by atomic mass is 10.0. The van der Waals surface area contributed by atoms with Crippen molar-refractivity contribution in [3.05, 3.63) is 68.4 Å². The van der Waals surface area contributed by atoms with Gasteiger partial charge in [-0.15, -0.1) is 0 Å². The third-order valence-electron chi connectivity index (χ3n) is 2.59. The molecule has 0 spiro atoms. The van der Waals surface area contributed by atoms with E-state index in [2.05, 4.69) is 15.9 Å². The molecule has 0 unspecified atom stereocenters. The lowest BCUT2D eigenvalue weighted by molar-refractivity contribution is 0.103. The predicted molar refractivity (Wildman–Crippen MR) is 73.7 cm³/mol. The van der Waals surface area contributed by atoms with E-state index in [0.29, 0.717) is 5.56 Å². The molecule has 0 atom stereocenters. The van der Waals surface area contributed by atoms with Crippen LogP contribution in [0.2, 0.25) is 5.02 Å². The molecule has 2 aromatic rings. The Morgan fingerprint density at radius 2 is 1.94 bits per heavy atom. The molecule has 0 fully saturated rings. The summed E-state index contributed by atoms with van der Waals surface area (Å²) in [6.45, 7) is 1.88. The van der Waals surface area contributed by atoms with Crippen LogP contribution in [0.15, 0.2) is 40.9 Å². The number of aryl methyl sites for hydroxylation is 1. The van der Waals surface area contributed by atoms with Crippen LogP contribution in [0.4, 0.5) is 4.39 Å². The third kappa shape index (κ3) is 2.62. The summed E-state index contributed by atoms with van der Waals surface area (Å²) in [6, 6.07) is 8.98. The van der Waals surface area contributed by atoms with Crippen LogP contribution in [0.25, 0.3) is 0 Å². The lowest BCUT2D eigenvalue weighted by Crippen LogP contribution is -2.03. The Morgan fingerprint density at radius 3 is 2.61 bits per heavy atom. The van der Waals surface area contributed by atoms with Crippen LogP contribution in [0.3, 0.4) is 0 Å². The van der Waals surface area contributed by atoms with Crippen molar-refractivity contribution in [1.82, 2.24) is 0 Å². The van der Waals surface area contributed by atoms with Crippen LogP contribution >= 0.6 is 27.5 Å². The van der Waals surface area contributed by atoms with Crippen LogP contribution < -0.4 is 0 Å². The molecule has 0 heterocycles. The SMILES string of the molecule is Cc1cc(C(=O)c2cc(F)ccc2Cl)ccc1Br. The number of ketones is 1. The van der Waals surface area contributed by atoms with Gasteiger partial charge in [-0.2, -0.15) is 0 Å². The highest BCUT2D eigenvalue weighted by atomic mass is 79.9. The molecule has 0 aliphatic heterocycles. The molecule has 1 nitrogen and oxygen atoms in total. The van der Waals surface area contributed by atoms with Gasteiger partial charge >= 0.3 is 0 Å². The van der Waals surface area contributed by atoms with Gasteiger partial charge in [0.1, 0.15) is 5.82 Å². The lowest BCUT2D eigenvalue weighted by Gasteiger charge is -2.06. The van der Waals surface area contributed by atoms with Crippen molar-refractivity contribution in [3.63, 3.8) is 0 Å². The van der Waals surface area contributed by atoms with E-state index in [1.807, 2.05) is 6.92 Å². The van der Waals surface area contributed by atoms with Crippen molar-refractivity contribution in [2.24, 2.45) is 0 Å². The largest absolute Gasteiger partial charge is 0.289 e. The first-order valence-electron chi connectivity index (χ1n) is 5.25. The molecule has 92 valence electrons. The summed E-state index contributed by atoms with van der Waals surface area (Å²) < 4.78 is 14.1. The second kappa shape index (κ2) is 5.21. The van der Waals surface area contributed by atoms with Gasteiger partial charge in [0.2, 0.25) is 0 Å². The van der Waals surface area contributed by atoms with Gasteiger partial charge < -0.3 is 0 Å². The Morgan fingerprint density at radius 1 is 1.22 bits per heavy atom. The Labute approximate surface area is 118 Å². The van der Waals surface area contributed by atoms with E-state index in [-0.39, 0.29) is 16.4 Å². The topological polar surface area (TPSA) is 17.1 Å². The van der Waals surface area contributed by atoms with Crippen molar-refractivity contribution in [3.8, 4) is 0 Å². The molecule has 0 saturated carbocycles. The van der Waals surface area contributed by atoms with E-state index < -0.39 is 5.82 Å². The summed E-state index contributed by atoms with van der Waals surface area (Å²) in [4.78, 5) is 12.2. The van der Waals surface area contributed by atoms with Gasteiger partial charge in [-0.25, -0.2) is 4.39 Å². The zero-order chi connectivity index (χ0) is 13.3. The summed E-state index contributed by atoms with van der Waals surface area (Å²) in [5.41, 5.74) is 1.61. The van der Waals surface area contributed by atoms with Crippen molar-refractivity contribution in [2.45, 2.75) is 6.92 Å². The van der Waals surface area contributed by atoms with E-state index in [9.17, 15) is 9.18 Å². The smallest absolute Gasteiger partial charge is 0.194 e. The molecular formula is C14H9BrClFO. The second-order valence-electron chi connectivity index (χ2n) is 3.92. The van der Waals surface area contributed by atoms with Crippen LogP contribution in [-0.2, 0) is 0 Å². The number of rotatable bonds is 2. The highest BCUT2D eigenvalue weighted by Crippen LogP contribution is 2.23. The molecule has 0 radical (unpaired) electrons. The monoisotopic (exact) mass is 326 g/mol. The van der Waals surface area contributed by atoms with Crippen LogP contribution in [0.1, 0.15) is 21.5 Å². The summed E-state index contributed by atoms with van der Waals surface area (Å²) in [5.74, 6) is -0.758. The predicted octanol–water partition coefficient (Wildman–Crippen LogP) is 4.78. The highest BCUT2D eigenvalue weighted by molar-refractivity contribution is 9.10. The van der Waals surface area contributed by atoms with E-state index in [1.54, 1.807) is 18.2 Å². The van der Waals surface area contributed by atoms with Crippen molar-refractivity contribution < 1.29 is 9.18 Å². The summed E-state index contributed by atoms with van der Waals surface area (Å²) >= 11 is 9.28. The van der Waals surface area contributed by atoms with Gasteiger partial charge in [0, 0.05) is 15.6 Å². The van der Waals surface area contributed by atoms with Crippen LogP contribution in [0.5, 0.6) is 0 Å².